The minimum Gasteiger partial charge on any atom is -0.383 e. The van der Waals surface area contributed by atoms with E-state index in [0.717, 1.165) is 6.54 Å². The average Bonchev–Trinajstić information content (AvgIpc) is 2.30. The molecular weight excluding hydrogens is 196 g/mol. The van der Waals surface area contributed by atoms with Crippen molar-refractivity contribution in [3.05, 3.63) is 29.8 Å². The Balaban J connectivity index is 1.84. The standard InChI is InChI=1S/C14H22N2/c1-12-6-8-13(9-7-12)15-11-14-5-3-4-10-16(14)2/h6-9,14-15H,3-5,10-11H2,1-2H3. The molecule has 1 aliphatic heterocycles. The van der Waals surface area contributed by atoms with Crippen molar-refractivity contribution in [3.8, 4) is 0 Å². The predicted octanol–water partition coefficient (Wildman–Crippen LogP) is 2.89. The first-order chi connectivity index (χ1) is 7.75. The minimum atomic E-state index is 0.704. The third kappa shape index (κ3) is 2.99. The van der Waals surface area contributed by atoms with Gasteiger partial charge in [-0.05, 0) is 45.5 Å². The van der Waals surface area contributed by atoms with Crippen molar-refractivity contribution < 1.29 is 0 Å². The van der Waals surface area contributed by atoms with Gasteiger partial charge in [-0.1, -0.05) is 24.1 Å². The quantitative estimate of drug-likeness (QED) is 0.839. The molecule has 2 rings (SSSR count). The summed E-state index contributed by atoms with van der Waals surface area (Å²) < 4.78 is 0. The van der Waals surface area contributed by atoms with E-state index in [1.165, 1.54) is 37.1 Å². The fourth-order valence-electron chi connectivity index (χ4n) is 2.31. The lowest BCUT2D eigenvalue weighted by atomic mass is 10.0. The summed E-state index contributed by atoms with van der Waals surface area (Å²) in [6.45, 7) is 4.44. The molecule has 1 atom stereocenters. The zero-order valence-electron chi connectivity index (χ0n) is 10.4. The van der Waals surface area contributed by atoms with Crippen LogP contribution in [0.2, 0.25) is 0 Å². The van der Waals surface area contributed by atoms with Crippen LogP contribution in [0.1, 0.15) is 24.8 Å². The van der Waals surface area contributed by atoms with Gasteiger partial charge in [0, 0.05) is 18.3 Å². The van der Waals surface area contributed by atoms with Gasteiger partial charge in [0.25, 0.3) is 0 Å². The molecule has 0 radical (unpaired) electrons. The molecule has 1 heterocycles. The number of likely N-dealkylation sites (N-methyl/N-ethyl adjacent to an activating group) is 1. The van der Waals surface area contributed by atoms with Crippen molar-refractivity contribution in [1.29, 1.82) is 0 Å². The van der Waals surface area contributed by atoms with Gasteiger partial charge in [0.15, 0.2) is 0 Å². The van der Waals surface area contributed by atoms with Crippen LogP contribution in [0, 0.1) is 6.92 Å². The van der Waals surface area contributed by atoms with Crippen LogP contribution in [-0.2, 0) is 0 Å². The van der Waals surface area contributed by atoms with Crippen molar-refractivity contribution in [3.63, 3.8) is 0 Å². The summed E-state index contributed by atoms with van der Waals surface area (Å²) in [6, 6.07) is 9.35. The zero-order valence-corrected chi connectivity index (χ0v) is 10.4. The molecule has 1 fully saturated rings. The van der Waals surface area contributed by atoms with E-state index in [1.807, 2.05) is 0 Å². The Labute approximate surface area is 98.7 Å². The second kappa shape index (κ2) is 5.35. The maximum Gasteiger partial charge on any atom is 0.0340 e. The van der Waals surface area contributed by atoms with E-state index in [0.29, 0.717) is 6.04 Å². The van der Waals surface area contributed by atoms with E-state index in [-0.39, 0.29) is 0 Å². The number of anilines is 1. The first-order valence-electron chi connectivity index (χ1n) is 6.26. The number of rotatable bonds is 3. The summed E-state index contributed by atoms with van der Waals surface area (Å²) in [5.41, 5.74) is 2.56. The normalized spacial score (nSPS) is 22.0. The molecule has 0 aliphatic carbocycles. The summed E-state index contributed by atoms with van der Waals surface area (Å²) in [5, 5.41) is 3.53. The molecule has 1 aliphatic rings. The maximum absolute atomic E-state index is 3.53. The lowest BCUT2D eigenvalue weighted by Gasteiger charge is -2.32. The Kier molecular flexibility index (Phi) is 3.83. The molecule has 2 heteroatoms. The smallest absolute Gasteiger partial charge is 0.0340 e. The number of hydrogen-bond acceptors (Lipinski definition) is 2. The van der Waals surface area contributed by atoms with Crippen LogP contribution in [0.4, 0.5) is 5.69 Å². The highest BCUT2D eigenvalue weighted by Crippen LogP contribution is 2.16. The molecule has 0 spiro atoms. The van der Waals surface area contributed by atoms with Crippen molar-refractivity contribution in [1.82, 2.24) is 4.90 Å². The topological polar surface area (TPSA) is 15.3 Å². The lowest BCUT2D eigenvalue weighted by molar-refractivity contribution is 0.194. The number of likely N-dealkylation sites (tertiary alicyclic amines) is 1. The largest absolute Gasteiger partial charge is 0.383 e. The molecule has 2 nitrogen and oxygen atoms in total. The lowest BCUT2D eigenvalue weighted by Crippen LogP contribution is -2.40. The summed E-state index contributed by atoms with van der Waals surface area (Å²) in [6.07, 6.45) is 4.07. The van der Waals surface area contributed by atoms with Crippen molar-refractivity contribution >= 4 is 5.69 Å². The highest BCUT2D eigenvalue weighted by Gasteiger charge is 2.17. The monoisotopic (exact) mass is 218 g/mol. The molecule has 0 bridgehead atoms. The summed E-state index contributed by atoms with van der Waals surface area (Å²) in [4.78, 5) is 2.48. The van der Waals surface area contributed by atoms with Crippen LogP contribution in [0.3, 0.4) is 0 Å². The van der Waals surface area contributed by atoms with Crippen LogP contribution in [-0.4, -0.2) is 31.1 Å². The number of piperidine rings is 1. The molecule has 1 aromatic carbocycles. The number of nitrogens with zero attached hydrogens (tertiary/aromatic N) is 1. The van der Waals surface area contributed by atoms with Gasteiger partial charge in [0.05, 0.1) is 0 Å². The van der Waals surface area contributed by atoms with Crippen LogP contribution in [0.5, 0.6) is 0 Å². The number of aryl methyl sites for hydroxylation is 1. The fraction of sp³-hybridized carbons (Fsp3) is 0.571. The molecule has 0 saturated carbocycles. The van der Waals surface area contributed by atoms with Gasteiger partial charge < -0.3 is 10.2 Å². The number of benzene rings is 1. The summed E-state index contributed by atoms with van der Waals surface area (Å²) in [5.74, 6) is 0. The van der Waals surface area contributed by atoms with E-state index < -0.39 is 0 Å². The van der Waals surface area contributed by atoms with Gasteiger partial charge in [-0.15, -0.1) is 0 Å². The molecule has 0 amide bonds. The van der Waals surface area contributed by atoms with E-state index in [2.05, 4.69) is 48.5 Å². The van der Waals surface area contributed by atoms with Crippen molar-refractivity contribution in [2.24, 2.45) is 0 Å². The Morgan fingerprint density at radius 3 is 2.69 bits per heavy atom. The second-order valence-electron chi connectivity index (χ2n) is 4.88. The Morgan fingerprint density at radius 1 is 1.25 bits per heavy atom. The fourth-order valence-corrected chi connectivity index (χ4v) is 2.31. The third-order valence-corrected chi connectivity index (χ3v) is 3.51. The Morgan fingerprint density at radius 2 is 2.00 bits per heavy atom. The average molecular weight is 218 g/mol. The van der Waals surface area contributed by atoms with E-state index in [1.54, 1.807) is 0 Å². The maximum atomic E-state index is 3.53. The molecule has 0 aromatic heterocycles. The van der Waals surface area contributed by atoms with Crippen LogP contribution < -0.4 is 5.32 Å². The first kappa shape index (κ1) is 11.5. The minimum absolute atomic E-state index is 0.704. The SMILES string of the molecule is Cc1ccc(NCC2CCCCN2C)cc1. The molecular formula is C14H22N2. The molecule has 16 heavy (non-hydrogen) atoms. The van der Waals surface area contributed by atoms with E-state index in [9.17, 15) is 0 Å². The van der Waals surface area contributed by atoms with Gasteiger partial charge in [0.1, 0.15) is 0 Å². The number of hydrogen-bond donors (Lipinski definition) is 1. The highest BCUT2D eigenvalue weighted by atomic mass is 15.2. The summed E-state index contributed by atoms with van der Waals surface area (Å²) in [7, 11) is 2.24. The predicted molar refractivity (Wildman–Crippen MR) is 69.9 cm³/mol. The summed E-state index contributed by atoms with van der Waals surface area (Å²) >= 11 is 0. The van der Waals surface area contributed by atoms with Gasteiger partial charge in [0.2, 0.25) is 0 Å². The van der Waals surface area contributed by atoms with Crippen molar-refractivity contribution in [2.75, 3.05) is 25.5 Å². The highest BCUT2D eigenvalue weighted by molar-refractivity contribution is 5.44. The second-order valence-corrected chi connectivity index (χ2v) is 4.88. The van der Waals surface area contributed by atoms with E-state index in [4.69, 9.17) is 0 Å². The molecule has 1 unspecified atom stereocenters. The number of nitrogens with one attached hydrogen (secondary N) is 1. The van der Waals surface area contributed by atoms with E-state index >= 15 is 0 Å². The zero-order chi connectivity index (χ0) is 11.4. The van der Waals surface area contributed by atoms with Crippen LogP contribution in [0.25, 0.3) is 0 Å². The van der Waals surface area contributed by atoms with Crippen molar-refractivity contribution in [2.45, 2.75) is 32.2 Å². The van der Waals surface area contributed by atoms with Crippen LogP contribution >= 0.6 is 0 Å². The van der Waals surface area contributed by atoms with Gasteiger partial charge >= 0.3 is 0 Å². The van der Waals surface area contributed by atoms with Gasteiger partial charge in [-0.3, -0.25) is 0 Å². The first-order valence-corrected chi connectivity index (χ1v) is 6.26. The molecule has 88 valence electrons. The molecule has 1 aromatic rings. The van der Waals surface area contributed by atoms with Crippen LogP contribution in [0.15, 0.2) is 24.3 Å². The van der Waals surface area contributed by atoms with Gasteiger partial charge in [-0.2, -0.15) is 0 Å². The molecule has 1 N–H and O–H groups in total. The third-order valence-electron chi connectivity index (χ3n) is 3.51. The van der Waals surface area contributed by atoms with Gasteiger partial charge in [-0.25, -0.2) is 0 Å². The Hall–Kier alpha value is -1.02. The Bertz CT molecular complexity index is 318. The molecule has 1 saturated heterocycles.